The zero-order valence-electron chi connectivity index (χ0n) is 16.2. The van der Waals surface area contributed by atoms with Gasteiger partial charge in [-0.2, -0.15) is 5.10 Å². The monoisotopic (exact) mass is 405 g/mol. The van der Waals surface area contributed by atoms with Gasteiger partial charge in [-0.1, -0.05) is 12.1 Å². The van der Waals surface area contributed by atoms with Gasteiger partial charge in [0.2, 0.25) is 10.0 Å². The van der Waals surface area contributed by atoms with E-state index in [4.69, 9.17) is 9.47 Å². The molecule has 2 aromatic carbocycles. The van der Waals surface area contributed by atoms with Crippen LogP contribution in [0.25, 0.3) is 0 Å². The lowest BCUT2D eigenvalue weighted by atomic mass is 10.2. The van der Waals surface area contributed by atoms with Gasteiger partial charge in [-0.15, -0.1) is 0 Å². The molecule has 0 atom stereocenters. The van der Waals surface area contributed by atoms with Crippen molar-refractivity contribution in [1.29, 1.82) is 0 Å². The first-order chi connectivity index (χ1) is 13.2. The minimum Gasteiger partial charge on any atom is -0.493 e. The largest absolute Gasteiger partial charge is 0.493 e. The topological polar surface area (TPSA) is 97.3 Å². The van der Waals surface area contributed by atoms with E-state index < -0.39 is 15.9 Å². The van der Waals surface area contributed by atoms with E-state index in [-0.39, 0.29) is 6.54 Å². The van der Waals surface area contributed by atoms with Crippen LogP contribution >= 0.6 is 0 Å². The van der Waals surface area contributed by atoms with Crippen LogP contribution in [-0.2, 0) is 14.8 Å². The van der Waals surface area contributed by atoms with E-state index in [9.17, 15) is 13.2 Å². The number of hydrogen-bond donors (Lipinski definition) is 1. The summed E-state index contributed by atoms with van der Waals surface area (Å²) in [5.74, 6) is 0.537. The van der Waals surface area contributed by atoms with Gasteiger partial charge in [-0.3, -0.25) is 9.10 Å². The van der Waals surface area contributed by atoms with Crippen molar-refractivity contribution in [3.05, 3.63) is 53.6 Å². The lowest BCUT2D eigenvalue weighted by Crippen LogP contribution is -2.39. The Bertz CT molecular complexity index is 973. The van der Waals surface area contributed by atoms with Crippen molar-refractivity contribution in [1.82, 2.24) is 5.43 Å². The molecule has 0 radical (unpaired) electrons. The normalized spacial score (nSPS) is 11.3. The fraction of sp³-hybridized carbons (Fsp3) is 0.263. The zero-order valence-corrected chi connectivity index (χ0v) is 17.0. The first-order valence-corrected chi connectivity index (χ1v) is 10.2. The SMILES string of the molecule is COc1ccc(/C=N\NC(=O)CN(c2cccc(C)c2)S(C)(=O)=O)cc1OC. The smallest absolute Gasteiger partial charge is 0.260 e. The van der Waals surface area contributed by atoms with Gasteiger partial charge in [0.1, 0.15) is 6.54 Å². The molecule has 28 heavy (non-hydrogen) atoms. The lowest BCUT2D eigenvalue weighted by Gasteiger charge is -2.21. The molecule has 150 valence electrons. The predicted octanol–water partition coefficient (Wildman–Crippen LogP) is 1.93. The standard InChI is InChI=1S/C19H23N3O5S/c1-14-6-5-7-16(10-14)22(28(4,24)25)13-19(23)21-20-12-15-8-9-17(26-2)18(11-15)27-3/h5-12H,13H2,1-4H3,(H,21,23)/b20-12-. The van der Waals surface area contributed by atoms with E-state index in [0.717, 1.165) is 16.1 Å². The summed E-state index contributed by atoms with van der Waals surface area (Å²) in [5, 5.41) is 3.88. The molecule has 0 bridgehead atoms. The van der Waals surface area contributed by atoms with Gasteiger partial charge in [0, 0.05) is 0 Å². The van der Waals surface area contributed by atoms with Gasteiger partial charge in [-0.25, -0.2) is 13.8 Å². The van der Waals surface area contributed by atoms with Gasteiger partial charge < -0.3 is 9.47 Å². The van der Waals surface area contributed by atoms with E-state index in [0.29, 0.717) is 22.7 Å². The molecule has 0 saturated heterocycles. The first-order valence-electron chi connectivity index (χ1n) is 8.33. The van der Waals surface area contributed by atoms with E-state index in [2.05, 4.69) is 10.5 Å². The predicted molar refractivity (Wildman–Crippen MR) is 109 cm³/mol. The van der Waals surface area contributed by atoms with Crippen LogP contribution in [-0.4, -0.2) is 47.6 Å². The Labute approximate surface area is 164 Å². The van der Waals surface area contributed by atoms with Crippen LogP contribution in [0, 0.1) is 6.92 Å². The number of sulfonamides is 1. The quantitative estimate of drug-likeness (QED) is 0.535. The number of carbonyl (C=O) groups excluding carboxylic acids is 1. The number of anilines is 1. The summed E-state index contributed by atoms with van der Waals surface area (Å²) in [5.41, 5.74) is 4.32. The Morgan fingerprint density at radius 1 is 1.14 bits per heavy atom. The number of hydrazone groups is 1. The Morgan fingerprint density at radius 3 is 2.46 bits per heavy atom. The van der Waals surface area contributed by atoms with Crippen molar-refractivity contribution in [2.45, 2.75) is 6.92 Å². The number of aryl methyl sites for hydroxylation is 1. The highest BCUT2D eigenvalue weighted by atomic mass is 32.2. The molecular weight excluding hydrogens is 382 g/mol. The van der Waals surface area contributed by atoms with Crippen molar-refractivity contribution in [2.24, 2.45) is 5.10 Å². The second-order valence-corrected chi connectivity index (χ2v) is 7.92. The van der Waals surface area contributed by atoms with Crippen molar-refractivity contribution in [2.75, 3.05) is 31.3 Å². The van der Waals surface area contributed by atoms with Crippen LogP contribution in [0.3, 0.4) is 0 Å². The molecule has 0 heterocycles. The molecular formula is C19H23N3O5S. The maximum atomic E-state index is 12.2. The van der Waals surface area contributed by atoms with Crippen LogP contribution in [0.5, 0.6) is 11.5 Å². The molecule has 2 rings (SSSR count). The highest BCUT2D eigenvalue weighted by molar-refractivity contribution is 7.92. The Balaban J connectivity index is 2.08. The van der Waals surface area contributed by atoms with Gasteiger partial charge in [0.15, 0.2) is 11.5 Å². The zero-order chi connectivity index (χ0) is 20.7. The third kappa shape index (κ3) is 5.71. The van der Waals surface area contributed by atoms with Crippen LogP contribution in [0.15, 0.2) is 47.6 Å². The van der Waals surface area contributed by atoms with Crippen LogP contribution in [0.4, 0.5) is 5.69 Å². The Hall–Kier alpha value is -3.07. The number of carbonyl (C=O) groups is 1. The lowest BCUT2D eigenvalue weighted by molar-refractivity contribution is -0.119. The number of rotatable bonds is 8. The van der Waals surface area contributed by atoms with Crippen LogP contribution in [0.1, 0.15) is 11.1 Å². The molecule has 0 aliphatic carbocycles. The minimum atomic E-state index is -3.63. The molecule has 9 heteroatoms. The fourth-order valence-electron chi connectivity index (χ4n) is 2.46. The highest BCUT2D eigenvalue weighted by Gasteiger charge is 2.20. The second kappa shape index (κ2) is 9.23. The number of ether oxygens (including phenoxy) is 2. The number of nitrogens with one attached hydrogen (secondary N) is 1. The average molecular weight is 405 g/mol. The van der Waals surface area contributed by atoms with E-state index in [1.807, 2.05) is 13.0 Å². The molecule has 1 amide bonds. The summed E-state index contributed by atoms with van der Waals surface area (Å²) in [6.45, 7) is 1.46. The second-order valence-electron chi connectivity index (χ2n) is 6.02. The maximum Gasteiger partial charge on any atom is 0.260 e. The van der Waals surface area contributed by atoms with Gasteiger partial charge in [0.05, 0.1) is 32.4 Å². The average Bonchev–Trinajstić information content (AvgIpc) is 2.65. The molecule has 0 spiro atoms. The maximum absolute atomic E-state index is 12.2. The van der Waals surface area contributed by atoms with Gasteiger partial charge >= 0.3 is 0 Å². The summed E-state index contributed by atoms with van der Waals surface area (Å²) in [7, 11) is -0.579. The minimum absolute atomic E-state index is 0.383. The Morgan fingerprint density at radius 2 is 1.86 bits per heavy atom. The van der Waals surface area contributed by atoms with E-state index in [1.165, 1.54) is 20.4 Å². The highest BCUT2D eigenvalue weighted by Crippen LogP contribution is 2.26. The molecule has 0 saturated carbocycles. The van der Waals surface area contributed by atoms with Crippen molar-refractivity contribution < 1.29 is 22.7 Å². The number of amides is 1. The number of benzene rings is 2. The van der Waals surface area contributed by atoms with Crippen LogP contribution in [0.2, 0.25) is 0 Å². The molecule has 0 aliphatic rings. The molecule has 1 N–H and O–H groups in total. The van der Waals surface area contributed by atoms with Crippen molar-refractivity contribution in [3.63, 3.8) is 0 Å². The van der Waals surface area contributed by atoms with E-state index >= 15 is 0 Å². The summed E-state index contributed by atoms with van der Waals surface area (Å²) in [6, 6.07) is 12.1. The Kier molecular flexibility index (Phi) is 7.00. The molecule has 0 aliphatic heterocycles. The third-order valence-electron chi connectivity index (χ3n) is 3.79. The molecule has 0 unspecified atom stereocenters. The van der Waals surface area contributed by atoms with Crippen molar-refractivity contribution >= 4 is 27.8 Å². The summed E-state index contributed by atoms with van der Waals surface area (Å²) < 4.78 is 35.6. The summed E-state index contributed by atoms with van der Waals surface area (Å²) >= 11 is 0. The van der Waals surface area contributed by atoms with Gasteiger partial charge in [-0.05, 0) is 48.4 Å². The number of nitrogens with zero attached hydrogens (tertiary/aromatic N) is 2. The third-order valence-corrected chi connectivity index (χ3v) is 4.93. The molecule has 0 aromatic heterocycles. The first kappa shape index (κ1) is 21.2. The number of methoxy groups -OCH3 is 2. The molecule has 0 fully saturated rings. The van der Waals surface area contributed by atoms with Crippen LogP contribution < -0.4 is 19.2 Å². The summed E-state index contributed by atoms with van der Waals surface area (Å²) in [6.07, 6.45) is 2.48. The van der Waals surface area contributed by atoms with Crippen molar-refractivity contribution in [3.8, 4) is 11.5 Å². The molecule has 8 nitrogen and oxygen atoms in total. The van der Waals surface area contributed by atoms with E-state index in [1.54, 1.807) is 36.4 Å². The number of hydrogen-bond acceptors (Lipinski definition) is 6. The fourth-order valence-corrected chi connectivity index (χ4v) is 3.31. The van der Waals surface area contributed by atoms with Gasteiger partial charge in [0.25, 0.3) is 5.91 Å². The molecule has 2 aromatic rings. The summed E-state index contributed by atoms with van der Waals surface area (Å²) in [4.78, 5) is 12.2.